The van der Waals surface area contributed by atoms with Gasteiger partial charge in [-0.25, -0.2) is 0 Å². The van der Waals surface area contributed by atoms with Crippen LogP contribution in [0.25, 0.3) is 0 Å². The van der Waals surface area contributed by atoms with Crippen LogP contribution in [0.2, 0.25) is 0 Å². The van der Waals surface area contributed by atoms with Crippen molar-refractivity contribution in [2.45, 2.75) is 90.9 Å². The number of nitrogens with one attached hydrogen (secondary N) is 4. The van der Waals surface area contributed by atoms with Gasteiger partial charge >= 0.3 is 0 Å². The molecule has 0 bridgehead atoms. The Hall–Kier alpha value is -1.77. The van der Waals surface area contributed by atoms with E-state index in [-0.39, 0.29) is 60.1 Å². The zero-order valence-electron chi connectivity index (χ0n) is 18.8. The van der Waals surface area contributed by atoms with Gasteiger partial charge in [0.2, 0.25) is 23.6 Å². The van der Waals surface area contributed by atoms with Crippen molar-refractivity contribution in [2.75, 3.05) is 5.75 Å². The number of hydrogen-bond acceptors (Lipinski definition) is 5. The van der Waals surface area contributed by atoms with Gasteiger partial charge in [-0.05, 0) is 31.1 Å². The quantitative estimate of drug-likeness (QED) is 0.397. The molecule has 9 heteroatoms. The summed E-state index contributed by atoms with van der Waals surface area (Å²) in [6.07, 6.45) is 1.77. The molecule has 4 amide bonds. The van der Waals surface area contributed by atoms with Gasteiger partial charge in [0.25, 0.3) is 0 Å². The Morgan fingerprint density at radius 1 is 0.767 bits per heavy atom. The summed E-state index contributed by atoms with van der Waals surface area (Å²) in [4.78, 5) is 50.7. The van der Waals surface area contributed by atoms with Crippen LogP contribution in [0.4, 0.5) is 0 Å². The smallest absolute Gasteiger partial charge is 0.243 e. The monoisotopic (exact) mass is 442 g/mol. The maximum Gasteiger partial charge on any atom is 0.243 e. The predicted octanol–water partition coefficient (Wildman–Crippen LogP) is 1.15. The highest BCUT2D eigenvalue weighted by Gasteiger charge is 2.29. The Labute approximate surface area is 185 Å². The summed E-state index contributed by atoms with van der Waals surface area (Å²) in [5.41, 5.74) is 0. The second-order valence-corrected chi connectivity index (χ2v) is 9.27. The van der Waals surface area contributed by atoms with Crippen molar-refractivity contribution in [3.63, 3.8) is 0 Å². The first-order valence-electron chi connectivity index (χ1n) is 10.9. The average molecular weight is 443 g/mol. The van der Waals surface area contributed by atoms with E-state index in [0.717, 1.165) is 0 Å². The Balaban J connectivity index is 3.13. The maximum atomic E-state index is 12.8. The lowest BCUT2D eigenvalue weighted by Gasteiger charge is -2.28. The van der Waals surface area contributed by atoms with Gasteiger partial charge in [0.05, 0.1) is 0 Å². The molecule has 172 valence electrons. The second kappa shape index (κ2) is 12.8. The summed E-state index contributed by atoms with van der Waals surface area (Å²) in [5.74, 6) is -0.596. The average Bonchev–Trinajstić information content (AvgIpc) is 2.61. The number of hydrogen-bond donors (Lipinski definition) is 5. The van der Waals surface area contributed by atoms with E-state index in [1.54, 1.807) is 0 Å². The summed E-state index contributed by atoms with van der Waals surface area (Å²) in [5, 5.41) is 11.3. The predicted molar refractivity (Wildman–Crippen MR) is 120 cm³/mol. The van der Waals surface area contributed by atoms with Crippen LogP contribution in [0, 0.1) is 11.8 Å². The topological polar surface area (TPSA) is 116 Å². The van der Waals surface area contributed by atoms with Crippen LogP contribution in [0.5, 0.6) is 0 Å². The molecule has 30 heavy (non-hydrogen) atoms. The summed E-state index contributed by atoms with van der Waals surface area (Å²) >= 11 is 4.20. The van der Waals surface area contributed by atoms with E-state index in [9.17, 15) is 19.2 Å². The summed E-state index contributed by atoms with van der Waals surface area (Å²) in [6.45, 7) is 9.85. The van der Waals surface area contributed by atoms with Gasteiger partial charge in [0, 0.05) is 30.7 Å². The lowest BCUT2D eigenvalue weighted by molar-refractivity contribution is -0.132. The van der Waals surface area contributed by atoms with Crippen LogP contribution >= 0.6 is 12.6 Å². The van der Waals surface area contributed by atoms with Gasteiger partial charge in [0.1, 0.15) is 12.1 Å². The van der Waals surface area contributed by atoms with E-state index in [0.29, 0.717) is 19.3 Å². The Morgan fingerprint density at radius 3 is 1.53 bits per heavy atom. The van der Waals surface area contributed by atoms with E-state index < -0.39 is 18.1 Å². The number of carbonyl (C=O) groups excluding carboxylic acids is 4. The molecule has 0 aromatic carbocycles. The van der Waals surface area contributed by atoms with Crippen LogP contribution in [-0.2, 0) is 19.2 Å². The van der Waals surface area contributed by atoms with Gasteiger partial charge in [-0.2, -0.15) is 12.6 Å². The van der Waals surface area contributed by atoms with E-state index in [2.05, 4.69) is 33.9 Å². The fourth-order valence-corrected chi connectivity index (χ4v) is 3.89. The van der Waals surface area contributed by atoms with Crippen molar-refractivity contribution >= 4 is 36.3 Å². The third-order valence-electron chi connectivity index (χ3n) is 4.96. The van der Waals surface area contributed by atoms with Crippen molar-refractivity contribution in [3.05, 3.63) is 0 Å². The molecule has 1 aliphatic heterocycles. The summed E-state index contributed by atoms with van der Waals surface area (Å²) in [7, 11) is 0. The number of rotatable bonds is 6. The van der Waals surface area contributed by atoms with Gasteiger partial charge in [-0.1, -0.05) is 34.6 Å². The van der Waals surface area contributed by atoms with E-state index in [4.69, 9.17) is 0 Å². The molecule has 0 aromatic heterocycles. The standard InChI is InChI=1S/C21H38N4O4S/c1-6-16-20(28)22-14(7-12(2)3)10-19(27)25-17(11-30)21(29)23-15(8-13(4)5)9-18(26)24-16/h12-17,30H,6-11H2,1-5H3,(H,22,28)(H,23,29)(H,24,26)(H,25,27)/t14-,15-,16-,17-/m0/s1. The van der Waals surface area contributed by atoms with Gasteiger partial charge < -0.3 is 21.3 Å². The molecule has 1 saturated heterocycles. The zero-order valence-corrected chi connectivity index (χ0v) is 19.7. The molecule has 1 heterocycles. The first-order chi connectivity index (χ1) is 14.0. The third-order valence-corrected chi connectivity index (χ3v) is 5.33. The van der Waals surface area contributed by atoms with E-state index >= 15 is 0 Å². The number of amides is 4. The Bertz CT molecular complexity index is 560. The third kappa shape index (κ3) is 9.36. The van der Waals surface area contributed by atoms with Crippen molar-refractivity contribution in [3.8, 4) is 0 Å². The largest absolute Gasteiger partial charge is 0.351 e. The van der Waals surface area contributed by atoms with Crippen LogP contribution in [-0.4, -0.2) is 53.5 Å². The van der Waals surface area contributed by atoms with E-state index in [1.807, 2.05) is 34.6 Å². The minimum Gasteiger partial charge on any atom is -0.351 e. The highest BCUT2D eigenvalue weighted by Crippen LogP contribution is 2.12. The highest BCUT2D eigenvalue weighted by atomic mass is 32.1. The Morgan fingerprint density at radius 2 is 1.17 bits per heavy atom. The molecule has 8 nitrogen and oxygen atoms in total. The van der Waals surface area contributed by atoms with Crippen LogP contribution in [0.15, 0.2) is 0 Å². The molecule has 1 aliphatic rings. The Kier molecular flexibility index (Phi) is 11.2. The molecule has 0 saturated carbocycles. The minimum atomic E-state index is -0.805. The lowest BCUT2D eigenvalue weighted by Crippen LogP contribution is -2.55. The van der Waals surface area contributed by atoms with E-state index in [1.165, 1.54) is 0 Å². The van der Waals surface area contributed by atoms with Gasteiger partial charge in [-0.3, -0.25) is 19.2 Å². The molecule has 0 spiro atoms. The fraction of sp³-hybridized carbons (Fsp3) is 0.810. The normalized spacial score (nSPS) is 27.2. The summed E-state index contributed by atoms with van der Waals surface area (Å²) in [6, 6.07) is -2.27. The number of carbonyl (C=O) groups is 4. The van der Waals surface area contributed by atoms with Crippen molar-refractivity contribution < 1.29 is 19.2 Å². The molecule has 1 fully saturated rings. The summed E-state index contributed by atoms with van der Waals surface area (Å²) < 4.78 is 0. The zero-order chi connectivity index (χ0) is 22.8. The molecule has 0 aromatic rings. The van der Waals surface area contributed by atoms with Crippen molar-refractivity contribution in [1.29, 1.82) is 0 Å². The molecule has 4 N–H and O–H groups in total. The molecule has 4 atom stereocenters. The first kappa shape index (κ1) is 26.3. The van der Waals surface area contributed by atoms with Gasteiger partial charge in [0.15, 0.2) is 0 Å². The first-order valence-corrected chi connectivity index (χ1v) is 11.5. The second-order valence-electron chi connectivity index (χ2n) is 8.91. The van der Waals surface area contributed by atoms with Crippen LogP contribution in [0.3, 0.4) is 0 Å². The fourth-order valence-electron chi connectivity index (χ4n) is 3.63. The number of thiol groups is 1. The lowest BCUT2D eigenvalue weighted by atomic mass is 9.98. The molecule has 0 radical (unpaired) electrons. The minimum absolute atomic E-state index is 0.0568. The molecule has 0 unspecified atom stereocenters. The van der Waals surface area contributed by atoms with Crippen LogP contribution < -0.4 is 21.3 Å². The van der Waals surface area contributed by atoms with Crippen molar-refractivity contribution in [1.82, 2.24) is 21.3 Å². The highest BCUT2D eigenvalue weighted by molar-refractivity contribution is 7.80. The van der Waals surface area contributed by atoms with Crippen molar-refractivity contribution in [2.24, 2.45) is 11.8 Å². The molecule has 1 rings (SSSR count). The van der Waals surface area contributed by atoms with Crippen LogP contribution in [0.1, 0.15) is 66.7 Å². The maximum absolute atomic E-state index is 12.8. The molecular weight excluding hydrogens is 404 g/mol. The molecular formula is C21H38N4O4S. The molecule has 0 aliphatic carbocycles. The van der Waals surface area contributed by atoms with Gasteiger partial charge in [-0.15, -0.1) is 0 Å². The SMILES string of the molecule is CC[C@@H]1NC(=O)C[C@H](CC(C)C)NC(=O)[C@H](CS)NC(=O)C[C@H](CC(C)C)NC1=O.